The van der Waals surface area contributed by atoms with Crippen LogP contribution < -0.4 is 20.9 Å². The van der Waals surface area contributed by atoms with E-state index in [9.17, 15) is 0 Å². The van der Waals surface area contributed by atoms with E-state index in [4.69, 9.17) is 5.73 Å². The molecular formula is C88H89BrN4. The Kier molecular flexibility index (Phi) is 20.6. The lowest BCUT2D eigenvalue weighted by atomic mass is 9.85. The van der Waals surface area contributed by atoms with Gasteiger partial charge in [-0.1, -0.05) is 293 Å². The van der Waals surface area contributed by atoms with Gasteiger partial charge >= 0.3 is 0 Å². The summed E-state index contributed by atoms with van der Waals surface area (Å²) in [5, 5.41) is 3.78. The highest BCUT2D eigenvalue weighted by Gasteiger charge is 2.22. The third-order valence-corrected chi connectivity index (χ3v) is 17.4. The highest BCUT2D eigenvalue weighted by molar-refractivity contribution is 9.10. The van der Waals surface area contributed by atoms with Gasteiger partial charge in [0.25, 0.3) is 0 Å². The number of nitrogens with zero attached hydrogens (tertiary/aromatic N) is 2. The molecule has 0 bridgehead atoms. The second-order valence-electron chi connectivity index (χ2n) is 28.0. The predicted octanol–water partition coefficient (Wildman–Crippen LogP) is 25.9. The standard InChI is InChI=1S/C44H44N2.C28H26BrN.C16H19N/c1-43(2,3)35-22-27-39(28-23-35)46(38-25-20-33(21-26-38)32-14-9-7-10-15-32)40-19-13-18-37(31-40)45-42-29-24-36(44(4,5)6)30-41(42)34-16-11-8-12-17-34;1-28(2,3)23-14-18-26(19-15-23)30(27-11-7-10-24(29)20-27)25-16-12-22(13-17-25)21-8-5-4-6-9-21;1-16(2,3)13-9-10-15(17)14(11-13)12-7-5-4-6-8-12/h7-31,45H,1-6H3;4-20H,1-3H3;4-11H,17H2,1-3H3. The van der Waals surface area contributed by atoms with Crippen LogP contribution in [0.5, 0.6) is 0 Å². The Morgan fingerprint density at radius 3 is 0.989 bits per heavy atom. The normalized spacial score (nSPS) is 11.5. The largest absolute Gasteiger partial charge is 0.398 e. The van der Waals surface area contributed by atoms with Crippen LogP contribution in [0.2, 0.25) is 0 Å². The summed E-state index contributed by atoms with van der Waals surface area (Å²) in [7, 11) is 0. The van der Waals surface area contributed by atoms with E-state index in [0.717, 1.165) is 61.2 Å². The number of nitrogens with one attached hydrogen (secondary N) is 1. The Morgan fingerprint density at radius 2 is 0.591 bits per heavy atom. The zero-order valence-corrected chi connectivity index (χ0v) is 57.8. The minimum absolute atomic E-state index is 0.0566. The molecule has 468 valence electrons. The molecular weight excluding hydrogens is 1190 g/mol. The molecule has 0 aliphatic carbocycles. The van der Waals surface area contributed by atoms with Gasteiger partial charge in [-0.15, -0.1) is 0 Å². The van der Waals surface area contributed by atoms with Gasteiger partial charge in [-0.2, -0.15) is 0 Å². The monoisotopic (exact) mass is 1280 g/mol. The minimum Gasteiger partial charge on any atom is -0.398 e. The molecule has 0 radical (unpaired) electrons. The van der Waals surface area contributed by atoms with E-state index in [1.54, 1.807) is 0 Å². The Bertz CT molecular complexity index is 4350. The third-order valence-electron chi connectivity index (χ3n) is 16.9. The lowest BCUT2D eigenvalue weighted by Gasteiger charge is -2.28. The van der Waals surface area contributed by atoms with Crippen molar-refractivity contribution < 1.29 is 0 Å². The number of nitrogens with two attached hydrogens (primary N) is 1. The molecule has 0 spiro atoms. The van der Waals surface area contributed by atoms with Crippen molar-refractivity contribution in [1.29, 1.82) is 0 Å². The summed E-state index contributed by atoms with van der Waals surface area (Å²) in [6, 6.07) is 108. The van der Waals surface area contributed by atoms with Crippen molar-refractivity contribution in [3.05, 3.63) is 330 Å². The maximum Gasteiger partial charge on any atom is 0.0482 e. The van der Waals surface area contributed by atoms with Crippen molar-refractivity contribution in [1.82, 2.24) is 0 Å². The molecule has 0 amide bonds. The van der Waals surface area contributed by atoms with Crippen LogP contribution in [0.4, 0.5) is 51.2 Å². The van der Waals surface area contributed by atoms with Gasteiger partial charge < -0.3 is 20.9 Å². The minimum atomic E-state index is 0.0566. The quantitative estimate of drug-likeness (QED) is 0.120. The van der Waals surface area contributed by atoms with Gasteiger partial charge in [0, 0.05) is 66.8 Å². The van der Waals surface area contributed by atoms with E-state index in [1.807, 2.05) is 30.3 Å². The van der Waals surface area contributed by atoms with Crippen LogP contribution in [0.15, 0.2) is 308 Å². The van der Waals surface area contributed by atoms with Gasteiger partial charge in [-0.05, 0) is 186 Å². The second kappa shape index (κ2) is 28.9. The van der Waals surface area contributed by atoms with Gasteiger partial charge in [0.15, 0.2) is 0 Å². The number of halogens is 1. The van der Waals surface area contributed by atoms with E-state index in [1.165, 1.54) is 61.2 Å². The summed E-state index contributed by atoms with van der Waals surface area (Å²) in [6.07, 6.45) is 0. The average Bonchev–Trinajstić information content (AvgIpc) is 0.881. The Balaban J connectivity index is 0.000000171. The molecule has 0 unspecified atom stereocenters. The fourth-order valence-corrected chi connectivity index (χ4v) is 11.7. The van der Waals surface area contributed by atoms with Crippen LogP contribution in [0, 0.1) is 0 Å². The van der Waals surface area contributed by atoms with Crippen molar-refractivity contribution in [2.45, 2.75) is 105 Å². The number of benzene rings is 12. The highest BCUT2D eigenvalue weighted by Crippen LogP contribution is 2.42. The van der Waals surface area contributed by atoms with Crippen molar-refractivity contribution in [3.8, 4) is 44.5 Å². The summed E-state index contributed by atoms with van der Waals surface area (Å²) in [5.41, 5.74) is 31.0. The molecule has 0 saturated heterocycles. The topological polar surface area (TPSA) is 44.5 Å². The number of nitrogen functional groups attached to an aromatic ring is 1. The first-order valence-electron chi connectivity index (χ1n) is 32.4. The molecule has 4 nitrogen and oxygen atoms in total. The molecule has 0 saturated carbocycles. The highest BCUT2D eigenvalue weighted by atomic mass is 79.9. The molecule has 12 aromatic rings. The first-order chi connectivity index (χ1) is 44.5. The predicted molar refractivity (Wildman–Crippen MR) is 407 cm³/mol. The molecule has 3 N–H and O–H groups in total. The van der Waals surface area contributed by atoms with Crippen LogP contribution in [0.25, 0.3) is 44.5 Å². The molecule has 12 rings (SSSR count). The summed E-state index contributed by atoms with van der Waals surface area (Å²) < 4.78 is 1.07. The SMILES string of the molecule is CC(C)(C)c1ccc(N(c2ccc(-c3ccccc3)cc2)c2cccc(Br)c2)cc1.CC(C)(C)c1ccc(N(c2ccc(-c3ccccc3)cc2)c2cccc(Nc3ccc(C(C)(C)C)cc3-c3ccccc3)c2)cc1.CC(C)(C)c1ccc(N)c(-c2ccccc2)c1. The molecule has 0 heterocycles. The lowest BCUT2D eigenvalue weighted by Crippen LogP contribution is -2.13. The maximum atomic E-state index is 6.06. The fourth-order valence-electron chi connectivity index (χ4n) is 11.3. The van der Waals surface area contributed by atoms with Crippen molar-refractivity contribution >= 4 is 67.1 Å². The number of anilines is 9. The molecule has 0 aromatic heterocycles. The van der Waals surface area contributed by atoms with E-state index >= 15 is 0 Å². The molecule has 0 atom stereocenters. The van der Waals surface area contributed by atoms with E-state index in [-0.39, 0.29) is 21.7 Å². The zero-order chi connectivity index (χ0) is 65.9. The van der Waals surface area contributed by atoms with Crippen LogP contribution in [0.1, 0.15) is 105 Å². The first kappa shape index (κ1) is 66.2. The molecule has 12 aromatic carbocycles. The molecule has 0 aliphatic rings. The Hall–Kier alpha value is -9.68. The summed E-state index contributed by atoms with van der Waals surface area (Å²) in [6.45, 7) is 27.0. The third kappa shape index (κ3) is 17.1. The Morgan fingerprint density at radius 1 is 0.269 bits per heavy atom. The van der Waals surface area contributed by atoms with Gasteiger partial charge in [0.1, 0.15) is 0 Å². The van der Waals surface area contributed by atoms with E-state index in [0.29, 0.717) is 0 Å². The molecule has 0 fully saturated rings. The van der Waals surface area contributed by atoms with Gasteiger partial charge in [-0.25, -0.2) is 0 Å². The van der Waals surface area contributed by atoms with Gasteiger partial charge in [0.05, 0.1) is 0 Å². The molecule has 0 aliphatic heterocycles. The molecule has 93 heavy (non-hydrogen) atoms. The number of hydrogen-bond acceptors (Lipinski definition) is 4. The number of hydrogen-bond donors (Lipinski definition) is 2. The van der Waals surface area contributed by atoms with Gasteiger partial charge in [-0.3, -0.25) is 0 Å². The number of rotatable bonds is 12. The molecule has 5 heteroatoms. The fraction of sp³-hybridized carbons (Fsp3) is 0.182. The lowest BCUT2D eigenvalue weighted by molar-refractivity contribution is 0.590. The van der Waals surface area contributed by atoms with Crippen LogP contribution >= 0.6 is 15.9 Å². The Labute approximate surface area is 563 Å². The summed E-state index contributed by atoms with van der Waals surface area (Å²) in [4.78, 5) is 4.64. The average molecular weight is 1280 g/mol. The van der Waals surface area contributed by atoms with Crippen LogP contribution in [-0.4, -0.2) is 0 Å². The maximum absolute atomic E-state index is 6.06. The van der Waals surface area contributed by atoms with Crippen LogP contribution in [0.3, 0.4) is 0 Å². The van der Waals surface area contributed by atoms with Crippen molar-refractivity contribution in [2.24, 2.45) is 0 Å². The first-order valence-corrected chi connectivity index (χ1v) is 33.2. The van der Waals surface area contributed by atoms with Crippen molar-refractivity contribution in [3.63, 3.8) is 0 Å². The summed E-state index contributed by atoms with van der Waals surface area (Å²) in [5.74, 6) is 0. The second-order valence-corrected chi connectivity index (χ2v) is 29.0. The van der Waals surface area contributed by atoms with E-state index in [2.05, 4.69) is 387 Å². The van der Waals surface area contributed by atoms with Crippen molar-refractivity contribution in [2.75, 3.05) is 20.9 Å². The zero-order valence-electron chi connectivity index (χ0n) is 56.2. The van der Waals surface area contributed by atoms with Crippen LogP contribution in [-0.2, 0) is 21.7 Å². The van der Waals surface area contributed by atoms with Gasteiger partial charge in [0.2, 0.25) is 0 Å². The van der Waals surface area contributed by atoms with E-state index < -0.39 is 0 Å². The summed E-state index contributed by atoms with van der Waals surface area (Å²) >= 11 is 3.63. The smallest absolute Gasteiger partial charge is 0.0482 e.